The molecule has 214 valence electrons. The molecule has 0 saturated heterocycles. The van der Waals surface area contributed by atoms with Crippen LogP contribution in [0.25, 0.3) is 0 Å². The van der Waals surface area contributed by atoms with E-state index in [1.54, 1.807) is 7.11 Å². The minimum absolute atomic E-state index is 0.00480. The molecule has 0 N–H and O–H groups in total. The van der Waals surface area contributed by atoms with Crippen LogP contribution in [0.2, 0.25) is 36.3 Å². The summed E-state index contributed by atoms with van der Waals surface area (Å²) in [7, 11) is -2.74. The molecule has 2 atom stereocenters. The van der Waals surface area contributed by atoms with Gasteiger partial charge in [0.05, 0.1) is 31.8 Å². The Kier molecular flexibility index (Phi) is 11.7. The van der Waals surface area contributed by atoms with Gasteiger partial charge in [-0.15, -0.1) is 0 Å². The molecule has 37 heavy (non-hydrogen) atoms. The molecule has 0 aliphatic heterocycles. The molecule has 6 nitrogen and oxygen atoms in total. The Morgan fingerprint density at radius 3 is 1.57 bits per heavy atom. The van der Waals surface area contributed by atoms with Gasteiger partial charge in [-0.05, 0) is 74.7 Å². The van der Waals surface area contributed by atoms with Gasteiger partial charge in [0, 0.05) is 0 Å². The molecule has 0 bridgehead atoms. The van der Waals surface area contributed by atoms with E-state index in [9.17, 15) is 4.79 Å². The van der Waals surface area contributed by atoms with Gasteiger partial charge in [-0.1, -0.05) is 53.7 Å². The number of ether oxygens (including phenoxy) is 3. The lowest BCUT2D eigenvalue weighted by atomic mass is 9.97. The van der Waals surface area contributed by atoms with E-state index < -0.39 is 28.2 Å². The second-order valence-electron chi connectivity index (χ2n) is 14.0. The van der Waals surface area contributed by atoms with Gasteiger partial charge in [0.1, 0.15) is 18.5 Å². The molecule has 1 rings (SSSR count). The molecular weight excluding hydrogens is 500 g/mol. The van der Waals surface area contributed by atoms with Gasteiger partial charge in [0.2, 0.25) is 0 Å². The van der Waals surface area contributed by atoms with Crippen molar-refractivity contribution in [1.29, 1.82) is 0 Å². The molecule has 0 amide bonds. The monoisotopic (exact) mass is 554 g/mol. The van der Waals surface area contributed by atoms with Crippen LogP contribution in [0.15, 0.2) is 24.3 Å². The van der Waals surface area contributed by atoms with Crippen molar-refractivity contribution in [2.45, 2.75) is 117 Å². The summed E-state index contributed by atoms with van der Waals surface area (Å²) in [5.41, 5.74) is 0.454. The Morgan fingerprint density at radius 2 is 1.19 bits per heavy atom. The molecule has 0 saturated carbocycles. The molecular formula is C29H54O6Si2. The van der Waals surface area contributed by atoms with E-state index in [1.165, 1.54) is 0 Å². The number of benzene rings is 1. The van der Waals surface area contributed by atoms with Crippen molar-refractivity contribution >= 4 is 22.6 Å². The SMILES string of the molecule is COc1ccc(COC[C@@H](O[Si](C)(C)C(C)(C)C)[C@@H](COC(=O)C(C)(C)C)O[Si](C)(C)C(C)(C)C)cc1. The highest BCUT2D eigenvalue weighted by atomic mass is 28.4. The fourth-order valence-electron chi connectivity index (χ4n) is 2.93. The highest BCUT2D eigenvalue weighted by Gasteiger charge is 2.45. The first-order valence-electron chi connectivity index (χ1n) is 13.3. The number of carbonyl (C=O) groups excluding carboxylic acids is 1. The van der Waals surface area contributed by atoms with Gasteiger partial charge in [-0.25, -0.2) is 0 Å². The smallest absolute Gasteiger partial charge is 0.311 e. The van der Waals surface area contributed by atoms with Gasteiger partial charge in [0.15, 0.2) is 16.6 Å². The first-order chi connectivity index (χ1) is 16.6. The minimum atomic E-state index is -2.21. The van der Waals surface area contributed by atoms with Crippen LogP contribution in [-0.4, -0.2) is 55.1 Å². The molecule has 1 aromatic rings. The van der Waals surface area contributed by atoms with Gasteiger partial charge < -0.3 is 23.1 Å². The first kappa shape index (κ1) is 33.8. The van der Waals surface area contributed by atoms with Crippen LogP contribution in [-0.2, 0) is 29.7 Å². The zero-order valence-corrected chi connectivity index (χ0v) is 28.0. The molecule has 0 heterocycles. The summed E-state index contributed by atoms with van der Waals surface area (Å²) in [6, 6.07) is 7.85. The van der Waals surface area contributed by atoms with Crippen LogP contribution in [0.3, 0.4) is 0 Å². The Morgan fingerprint density at radius 1 is 0.757 bits per heavy atom. The van der Waals surface area contributed by atoms with Gasteiger partial charge in [0.25, 0.3) is 0 Å². The van der Waals surface area contributed by atoms with E-state index >= 15 is 0 Å². The minimum Gasteiger partial charge on any atom is -0.497 e. The summed E-state index contributed by atoms with van der Waals surface area (Å²) in [6.45, 7) is 28.7. The van der Waals surface area contributed by atoms with Crippen LogP contribution >= 0.6 is 0 Å². The maximum absolute atomic E-state index is 12.7. The number of hydrogen-bond donors (Lipinski definition) is 0. The van der Waals surface area contributed by atoms with E-state index in [2.05, 4.69) is 67.7 Å². The van der Waals surface area contributed by atoms with Crippen LogP contribution in [0.1, 0.15) is 67.9 Å². The summed E-state index contributed by atoms with van der Waals surface area (Å²) in [5, 5.41) is -0.00436. The van der Waals surface area contributed by atoms with Crippen molar-refractivity contribution in [3.05, 3.63) is 29.8 Å². The van der Waals surface area contributed by atoms with E-state index in [1.807, 2.05) is 45.0 Å². The predicted molar refractivity (Wildman–Crippen MR) is 157 cm³/mol. The topological polar surface area (TPSA) is 63.2 Å². The second kappa shape index (κ2) is 12.8. The number of esters is 1. The highest BCUT2D eigenvalue weighted by molar-refractivity contribution is 6.74. The fourth-order valence-corrected chi connectivity index (χ4v) is 5.59. The van der Waals surface area contributed by atoms with Gasteiger partial charge >= 0.3 is 5.97 Å². The summed E-state index contributed by atoms with van der Waals surface area (Å²) >= 11 is 0. The van der Waals surface area contributed by atoms with Gasteiger partial charge in [-0.3, -0.25) is 4.79 Å². The zero-order chi connectivity index (χ0) is 28.9. The van der Waals surface area contributed by atoms with E-state index in [0.29, 0.717) is 13.2 Å². The van der Waals surface area contributed by atoms with E-state index in [4.69, 9.17) is 23.1 Å². The lowest BCUT2D eigenvalue weighted by molar-refractivity contribution is -0.158. The maximum atomic E-state index is 12.7. The third kappa shape index (κ3) is 10.5. The average molecular weight is 555 g/mol. The maximum Gasteiger partial charge on any atom is 0.311 e. The Labute approximate surface area is 229 Å². The molecule has 0 fully saturated rings. The van der Waals surface area contributed by atoms with Crippen LogP contribution in [0, 0.1) is 5.41 Å². The quantitative estimate of drug-likeness (QED) is 0.196. The normalized spacial score (nSPS) is 15.3. The molecule has 0 spiro atoms. The van der Waals surface area contributed by atoms with Crippen molar-refractivity contribution in [2.75, 3.05) is 20.3 Å². The molecule has 0 aliphatic rings. The lowest BCUT2D eigenvalue weighted by Gasteiger charge is -2.45. The van der Waals surface area contributed by atoms with Crippen LogP contribution < -0.4 is 4.74 Å². The Hall–Kier alpha value is -1.20. The molecule has 1 aromatic carbocycles. The first-order valence-corrected chi connectivity index (χ1v) is 19.2. The Bertz CT molecular complexity index is 845. The van der Waals surface area contributed by atoms with Gasteiger partial charge in [-0.2, -0.15) is 0 Å². The lowest BCUT2D eigenvalue weighted by Crippen LogP contribution is -2.54. The summed E-state index contributed by atoms with van der Waals surface area (Å²) in [4.78, 5) is 12.7. The van der Waals surface area contributed by atoms with Crippen LogP contribution in [0.5, 0.6) is 5.75 Å². The van der Waals surface area contributed by atoms with Crippen molar-refractivity contribution in [1.82, 2.24) is 0 Å². The second-order valence-corrected chi connectivity index (χ2v) is 23.6. The van der Waals surface area contributed by atoms with E-state index in [0.717, 1.165) is 11.3 Å². The zero-order valence-electron chi connectivity index (χ0n) is 26.0. The highest BCUT2D eigenvalue weighted by Crippen LogP contribution is 2.40. The van der Waals surface area contributed by atoms with Crippen molar-refractivity contribution in [3.63, 3.8) is 0 Å². The standard InChI is InChI=1S/C29H54O6Si2/c1-27(2,3)26(30)33-21-25(35-37(13,14)29(7,8)9)24(34-36(11,12)28(4,5)6)20-32-19-22-15-17-23(31-10)18-16-22/h15-18,24-25H,19-21H2,1-14H3/t24-,25-/m1/s1. The van der Waals surface area contributed by atoms with Crippen molar-refractivity contribution in [3.8, 4) is 5.75 Å². The number of hydrogen-bond acceptors (Lipinski definition) is 6. The summed E-state index contributed by atoms with van der Waals surface area (Å²) < 4.78 is 31.1. The molecule has 0 aromatic heterocycles. The average Bonchev–Trinajstić information content (AvgIpc) is 2.73. The number of rotatable bonds is 12. The fraction of sp³-hybridized carbons (Fsp3) is 0.759. The third-order valence-corrected chi connectivity index (χ3v) is 16.6. The number of carbonyl (C=O) groups is 1. The third-order valence-electron chi connectivity index (χ3n) is 7.62. The molecule has 0 aliphatic carbocycles. The number of methoxy groups -OCH3 is 1. The van der Waals surface area contributed by atoms with E-state index in [-0.39, 0.29) is 28.8 Å². The molecule has 0 radical (unpaired) electrons. The molecule has 8 heteroatoms. The summed E-state index contributed by atoms with van der Waals surface area (Å²) in [6.07, 6.45) is -0.807. The molecule has 0 unspecified atom stereocenters. The van der Waals surface area contributed by atoms with Crippen molar-refractivity contribution < 1.29 is 27.9 Å². The Balaban J connectivity index is 3.27. The summed E-state index contributed by atoms with van der Waals surface area (Å²) in [5.74, 6) is 0.563. The largest absolute Gasteiger partial charge is 0.497 e. The van der Waals surface area contributed by atoms with Crippen molar-refractivity contribution in [2.24, 2.45) is 5.41 Å². The van der Waals surface area contributed by atoms with Crippen LogP contribution in [0.4, 0.5) is 0 Å². The predicted octanol–water partition coefficient (Wildman–Crippen LogP) is 7.58.